The summed E-state index contributed by atoms with van der Waals surface area (Å²) in [6, 6.07) is 8.36. The molecule has 2 aromatic rings. The van der Waals surface area contributed by atoms with Crippen LogP contribution in [-0.4, -0.2) is 23.9 Å². The highest BCUT2D eigenvalue weighted by Gasteiger charge is 2.09. The molecule has 96 valence electrons. The third-order valence-electron chi connectivity index (χ3n) is 3.03. The smallest absolute Gasteiger partial charge is 0.0522 e. The van der Waals surface area contributed by atoms with Gasteiger partial charge in [0.1, 0.15) is 0 Å². The number of benzene rings is 1. The molecule has 0 spiro atoms. The monoisotopic (exact) mass is 244 g/mol. The second kappa shape index (κ2) is 5.23. The lowest BCUT2D eigenvalue weighted by Crippen LogP contribution is -2.15. The van der Waals surface area contributed by atoms with Crippen LogP contribution < -0.4 is 10.6 Å². The van der Waals surface area contributed by atoms with Crippen LogP contribution in [0.1, 0.15) is 17.2 Å². The predicted molar refractivity (Wildman–Crippen MR) is 74.6 cm³/mol. The lowest BCUT2D eigenvalue weighted by atomic mass is 10.0. The molecule has 0 saturated carbocycles. The second-order valence-corrected chi connectivity index (χ2v) is 4.82. The Morgan fingerprint density at radius 1 is 1.39 bits per heavy atom. The fraction of sp³-hybridized carbons (Fsp3) is 0.357. The Labute approximate surface area is 108 Å². The molecule has 1 unspecified atom stereocenters. The molecule has 1 aromatic heterocycles. The third kappa shape index (κ3) is 2.90. The van der Waals surface area contributed by atoms with Crippen LogP contribution in [0.15, 0.2) is 36.7 Å². The van der Waals surface area contributed by atoms with Crippen molar-refractivity contribution in [2.45, 2.75) is 12.5 Å². The molecule has 18 heavy (non-hydrogen) atoms. The Bertz CT molecular complexity index is 516. The van der Waals surface area contributed by atoms with E-state index < -0.39 is 0 Å². The van der Waals surface area contributed by atoms with Crippen LogP contribution in [0, 0.1) is 0 Å². The molecule has 0 aliphatic rings. The molecule has 1 aromatic carbocycles. The number of hydrogen-bond donors (Lipinski definition) is 1. The average Bonchev–Trinajstić information content (AvgIpc) is 2.75. The summed E-state index contributed by atoms with van der Waals surface area (Å²) in [6.45, 7) is 0. The van der Waals surface area contributed by atoms with Gasteiger partial charge in [0.25, 0.3) is 0 Å². The lowest BCUT2D eigenvalue weighted by Gasteiger charge is -2.16. The van der Waals surface area contributed by atoms with Crippen LogP contribution in [0.3, 0.4) is 0 Å². The van der Waals surface area contributed by atoms with E-state index in [1.54, 1.807) is 4.68 Å². The lowest BCUT2D eigenvalue weighted by molar-refractivity contribution is 0.719. The molecule has 1 heterocycles. The molecule has 0 bridgehead atoms. The van der Waals surface area contributed by atoms with Crippen molar-refractivity contribution in [3.8, 4) is 0 Å². The van der Waals surface area contributed by atoms with E-state index in [0.717, 1.165) is 12.0 Å². The Kier molecular flexibility index (Phi) is 3.67. The fourth-order valence-corrected chi connectivity index (χ4v) is 1.98. The summed E-state index contributed by atoms with van der Waals surface area (Å²) in [5.74, 6) is 0. The largest absolute Gasteiger partial charge is 0.378 e. The highest BCUT2D eigenvalue weighted by molar-refractivity contribution is 5.47. The van der Waals surface area contributed by atoms with E-state index in [-0.39, 0.29) is 6.04 Å². The first kappa shape index (κ1) is 12.6. The van der Waals surface area contributed by atoms with E-state index >= 15 is 0 Å². The van der Waals surface area contributed by atoms with Crippen LogP contribution in [0.5, 0.6) is 0 Å². The van der Waals surface area contributed by atoms with Gasteiger partial charge in [0.05, 0.1) is 6.20 Å². The van der Waals surface area contributed by atoms with Crippen molar-refractivity contribution in [3.63, 3.8) is 0 Å². The van der Waals surface area contributed by atoms with Crippen molar-refractivity contribution in [2.75, 3.05) is 19.0 Å². The van der Waals surface area contributed by atoms with Gasteiger partial charge in [-0.25, -0.2) is 0 Å². The molecular formula is C14H20N4. The van der Waals surface area contributed by atoms with E-state index in [2.05, 4.69) is 28.2 Å². The zero-order chi connectivity index (χ0) is 13.1. The van der Waals surface area contributed by atoms with Crippen molar-refractivity contribution in [3.05, 3.63) is 47.8 Å². The maximum absolute atomic E-state index is 6.25. The SMILES string of the molecule is CN(C)c1cccc(C(N)Cc2cnn(C)c2)c1. The normalized spacial score (nSPS) is 12.4. The maximum atomic E-state index is 6.25. The number of rotatable bonds is 4. The number of nitrogens with zero attached hydrogens (tertiary/aromatic N) is 3. The van der Waals surface area contributed by atoms with E-state index in [4.69, 9.17) is 5.73 Å². The number of nitrogens with two attached hydrogens (primary N) is 1. The number of hydrogen-bond acceptors (Lipinski definition) is 3. The minimum Gasteiger partial charge on any atom is -0.378 e. The summed E-state index contributed by atoms with van der Waals surface area (Å²) in [5, 5.41) is 4.16. The summed E-state index contributed by atoms with van der Waals surface area (Å²) in [4.78, 5) is 2.08. The highest BCUT2D eigenvalue weighted by Crippen LogP contribution is 2.20. The first-order chi connectivity index (χ1) is 8.56. The summed E-state index contributed by atoms with van der Waals surface area (Å²) >= 11 is 0. The van der Waals surface area contributed by atoms with Gasteiger partial charge in [0.15, 0.2) is 0 Å². The van der Waals surface area contributed by atoms with Crippen LogP contribution in [0.2, 0.25) is 0 Å². The van der Waals surface area contributed by atoms with Crippen molar-refractivity contribution in [1.29, 1.82) is 0 Å². The summed E-state index contributed by atoms with van der Waals surface area (Å²) in [7, 11) is 5.99. The van der Waals surface area contributed by atoms with Crippen LogP contribution in [-0.2, 0) is 13.5 Å². The van der Waals surface area contributed by atoms with E-state index in [0.29, 0.717) is 0 Å². The Hall–Kier alpha value is -1.81. The molecule has 0 aliphatic carbocycles. The number of anilines is 1. The standard InChI is InChI=1S/C14H20N4/c1-17(2)13-6-4-5-12(8-13)14(15)7-11-9-16-18(3)10-11/h4-6,8-10,14H,7,15H2,1-3H3. The topological polar surface area (TPSA) is 47.1 Å². The van der Waals surface area contributed by atoms with Gasteiger partial charge in [-0.3, -0.25) is 4.68 Å². The molecule has 4 heteroatoms. The van der Waals surface area contributed by atoms with Gasteiger partial charge in [-0.15, -0.1) is 0 Å². The quantitative estimate of drug-likeness (QED) is 0.891. The number of aromatic nitrogens is 2. The minimum absolute atomic E-state index is 0.00843. The zero-order valence-electron chi connectivity index (χ0n) is 11.2. The zero-order valence-corrected chi connectivity index (χ0v) is 11.2. The average molecular weight is 244 g/mol. The van der Waals surface area contributed by atoms with E-state index in [1.165, 1.54) is 11.3 Å². The molecule has 4 nitrogen and oxygen atoms in total. The molecular weight excluding hydrogens is 224 g/mol. The van der Waals surface area contributed by atoms with Gasteiger partial charge in [-0.1, -0.05) is 12.1 Å². The molecule has 0 fully saturated rings. The highest BCUT2D eigenvalue weighted by atomic mass is 15.2. The molecule has 2 rings (SSSR count). The molecule has 1 atom stereocenters. The first-order valence-corrected chi connectivity index (χ1v) is 6.06. The molecule has 0 amide bonds. The summed E-state index contributed by atoms with van der Waals surface area (Å²) in [5.41, 5.74) is 9.75. The van der Waals surface area contributed by atoms with E-state index in [1.807, 2.05) is 39.6 Å². The van der Waals surface area contributed by atoms with Gasteiger partial charge in [-0.05, 0) is 29.7 Å². The Morgan fingerprint density at radius 2 is 2.17 bits per heavy atom. The van der Waals surface area contributed by atoms with Crippen LogP contribution in [0.4, 0.5) is 5.69 Å². The summed E-state index contributed by atoms with van der Waals surface area (Å²) in [6.07, 6.45) is 4.69. The van der Waals surface area contributed by atoms with Crippen LogP contribution in [0.25, 0.3) is 0 Å². The first-order valence-electron chi connectivity index (χ1n) is 6.06. The van der Waals surface area contributed by atoms with Gasteiger partial charge >= 0.3 is 0 Å². The Morgan fingerprint density at radius 3 is 2.78 bits per heavy atom. The van der Waals surface area contributed by atoms with Crippen LogP contribution >= 0.6 is 0 Å². The van der Waals surface area contributed by atoms with Crippen molar-refractivity contribution < 1.29 is 0 Å². The van der Waals surface area contributed by atoms with Crippen molar-refractivity contribution in [1.82, 2.24) is 9.78 Å². The maximum Gasteiger partial charge on any atom is 0.0522 e. The molecule has 2 N–H and O–H groups in total. The summed E-state index contributed by atoms with van der Waals surface area (Å²) < 4.78 is 1.80. The predicted octanol–water partition coefficient (Wildman–Crippen LogP) is 1.73. The minimum atomic E-state index is 0.00843. The van der Waals surface area contributed by atoms with Gasteiger partial charge in [0.2, 0.25) is 0 Å². The molecule has 0 saturated heterocycles. The second-order valence-electron chi connectivity index (χ2n) is 4.82. The van der Waals surface area contributed by atoms with Gasteiger partial charge in [-0.2, -0.15) is 5.10 Å². The van der Waals surface area contributed by atoms with Gasteiger partial charge in [0, 0.05) is 39.1 Å². The van der Waals surface area contributed by atoms with Crippen molar-refractivity contribution >= 4 is 5.69 Å². The van der Waals surface area contributed by atoms with E-state index in [9.17, 15) is 0 Å². The molecule has 0 aliphatic heterocycles. The molecule has 0 radical (unpaired) electrons. The van der Waals surface area contributed by atoms with Crippen molar-refractivity contribution in [2.24, 2.45) is 12.8 Å². The fourth-order valence-electron chi connectivity index (χ4n) is 1.98. The van der Waals surface area contributed by atoms with Gasteiger partial charge < -0.3 is 10.6 Å². The Balaban J connectivity index is 2.13. The third-order valence-corrected chi connectivity index (χ3v) is 3.03. The number of aryl methyl sites for hydroxylation is 1.